The quantitative estimate of drug-likeness (QED) is 0.489. The molecule has 0 atom stereocenters. The number of aryl methyl sites for hydroxylation is 2. The number of aromatic nitrogens is 2. The molecule has 0 aliphatic carbocycles. The summed E-state index contributed by atoms with van der Waals surface area (Å²) in [6.45, 7) is 4.18. The predicted octanol–water partition coefficient (Wildman–Crippen LogP) is 4.76. The third-order valence-corrected chi connectivity index (χ3v) is 5.62. The van der Waals surface area contributed by atoms with Gasteiger partial charge in [-0.2, -0.15) is 0 Å². The van der Waals surface area contributed by atoms with Gasteiger partial charge >= 0.3 is 0 Å². The Hall–Kier alpha value is -3.19. The lowest BCUT2D eigenvalue weighted by Gasteiger charge is -2.18. The lowest BCUT2D eigenvalue weighted by Crippen LogP contribution is -2.30. The first-order valence-electron chi connectivity index (χ1n) is 8.80. The Morgan fingerprint density at radius 3 is 2.64 bits per heavy atom. The first-order valence-corrected chi connectivity index (χ1v) is 9.61. The van der Waals surface area contributed by atoms with Crippen molar-refractivity contribution in [2.24, 2.45) is 0 Å². The molecule has 0 N–H and O–H groups in total. The highest BCUT2D eigenvalue weighted by atomic mass is 32.1. The average molecular weight is 393 g/mol. The second-order valence-electron chi connectivity index (χ2n) is 6.47. The first kappa shape index (κ1) is 18.2. The Morgan fingerprint density at radius 2 is 1.96 bits per heavy atom. The Balaban J connectivity index is 1.82. The monoisotopic (exact) mass is 393 g/mol. The molecule has 0 aliphatic heterocycles. The van der Waals surface area contributed by atoms with E-state index in [2.05, 4.69) is 5.16 Å². The molecule has 0 spiro atoms. The zero-order valence-electron chi connectivity index (χ0n) is 15.8. The van der Waals surface area contributed by atoms with E-state index >= 15 is 0 Å². The van der Waals surface area contributed by atoms with Crippen LogP contribution in [0.1, 0.15) is 27.4 Å². The van der Waals surface area contributed by atoms with Crippen molar-refractivity contribution in [3.05, 3.63) is 71.1 Å². The number of rotatable bonds is 5. The summed E-state index contributed by atoms with van der Waals surface area (Å²) in [6, 6.07) is 15.3. The Morgan fingerprint density at radius 1 is 1.18 bits per heavy atom. The van der Waals surface area contributed by atoms with Crippen LogP contribution in [0.15, 0.2) is 53.1 Å². The molecule has 2 heterocycles. The van der Waals surface area contributed by atoms with Crippen LogP contribution in [0.3, 0.4) is 0 Å². The van der Waals surface area contributed by atoms with Crippen molar-refractivity contribution < 1.29 is 14.1 Å². The molecule has 4 rings (SSSR count). The Kier molecular flexibility index (Phi) is 4.83. The highest BCUT2D eigenvalue weighted by Crippen LogP contribution is 2.37. The smallest absolute Gasteiger partial charge is 0.298 e. The molecule has 4 aromatic rings. The zero-order chi connectivity index (χ0) is 19.7. The summed E-state index contributed by atoms with van der Waals surface area (Å²) < 4.78 is 11.7. The summed E-state index contributed by atoms with van der Waals surface area (Å²) >= 11 is 1.46. The van der Waals surface area contributed by atoms with Crippen LogP contribution in [0.25, 0.3) is 10.2 Å². The standard InChI is InChI=1S/C21H19N3O3S/c1-13-9-10-16(26-3)18-19(13)28-21(22-18)24(12-15-7-5-4-6-8-15)20(25)17-11-14(2)23-27-17/h4-11H,12H2,1-3H3. The molecule has 7 heteroatoms. The number of methoxy groups -OCH3 is 1. The second-order valence-corrected chi connectivity index (χ2v) is 7.45. The van der Waals surface area contributed by atoms with Crippen LogP contribution in [0.4, 0.5) is 5.13 Å². The molecular weight excluding hydrogens is 374 g/mol. The summed E-state index contributed by atoms with van der Waals surface area (Å²) in [7, 11) is 1.62. The number of nitrogens with zero attached hydrogens (tertiary/aromatic N) is 3. The molecule has 1 amide bonds. The lowest BCUT2D eigenvalue weighted by atomic mass is 10.2. The van der Waals surface area contributed by atoms with Gasteiger partial charge in [-0.1, -0.05) is 52.9 Å². The number of fused-ring (bicyclic) bond motifs is 1. The number of anilines is 1. The van der Waals surface area contributed by atoms with Gasteiger partial charge in [-0.3, -0.25) is 9.69 Å². The molecule has 0 saturated carbocycles. The molecule has 0 saturated heterocycles. The van der Waals surface area contributed by atoms with Crippen LogP contribution in [0.5, 0.6) is 5.75 Å². The topological polar surface area (TPSA) is 68.5 Å². The summed E-state index contributed by atoms with van der Waals surface area (Å²) in [5, 5.41) is 4.43. The summed E-state index contributed by atoms with van der Waals surface area (Å²) in [4.78, 5) is 19.6. The number of carbonyl (C=O) groups is 1. The Labute approximate surface area is 166 Å². The van der Waals surface area contributed by atoms with E-state index in [1.807, 2.05) is 49.4 Å². The van der Waals surface area contributed by atoms with Gasteiger partial charge in [-0.15, -0.1) is 0 Å². The molecule has 6 nitrogen and oxygen atoms in total. The van der Waals surface area contributed by atoms with Crippen molar-refractivity contribution >= 4 is 32.6 Å². The molecular formula is C21H19N3O3S. The molecule has 0 unspecified atom stereocenters. The zero-order valence-corrected chi connectivity index (χ0v) is 16.6. The summed E-state index contributed by atoms with van der Waals surface area (Å²) in [5.41, 5.74) is 3.49. The van der Waals surface area contributed by atoms with E-state index in [0.717, 1.165) is 21.3 Å². The number of thiazole rings is 1. The van der Waals surface area contributed by atoms with Crippen LogP contribution in [-0.2, 0) is 6.54 Å². The number of hydrogen-bond acceptors (Lipinski definition) is 6. The van der Waals surface area contributed by atoms with Gasteiger partial charge in [0.25, 0.3) is 5.91 Å². The average Bonchev–Trinajstić information content (AvgIpc) is 3.34. The van der Waals surface area contributed by atoms with E-state index in [4.69, 9.17) is 14.2 Å². The minimum absolute atomic E-state index is 0.191. The maximum atomic E-state index is 13.2. The maximum Gasteiger partial charge on any atom is 0.298 e. The van der Waals surface area contributed by atoms with Gasteiger partial charge in [0.15, 0.2) is 5.13 Å². The molecule has 142 valence electrons. The van der Waals surface area contributed by atoms with Gasteiger partial charge in [0, 0.05) is 6.07 Å². The fourth-order valence-electron chi connectivity index (χ4n) is 2.97. The normalized spacial score (nSPS) is 11.0. The van der Waals surface area contributed by atoms with Gasteiger partial charge in [-0.25, -0.2) is 4.98 Å². The number of benzene rings is 2. The van der Waals surface area contributed by atoms with E-state index in [0.29, 0.717) is 23.1 Å². The first-order chi connectivity index (χ1) is 13.6. The number of amides is 1. The minimum atomic E-state index is -0.278. The molecule has 2 aromatic heterocycles. The molecule has 2 aromatic carbocycles. The number of carbonyl (C=O) groups excluding carboxylic acids is 1. The summed E-state index contributed by atoms with van der Waals surface area (Å²) in [5.74, 6) is 0.599. The van der Waals surface area contributed by atoms with Crippen molar-refractivity contribution in [3.8, 4) is 5.75 Å². The van der Waals surface area contributed by atoms with E-state index in [1.54, 1.807) is 25.0 Å². The van der Waals surface area contributed by atoms with Gasteiger partial charge in [-0.05, 0) is 31.0 Å². The van der Waals surface area contributed by atoms with E-state index in [-0.39, 0.29) is 11.7 Å². The van der Waals surface area contributed by atoms with Crippen LogP contribution in [0.2, 0.25) is 0 Å². The van der Waals surface area contributed by atoms with Crippen LogP contribution < -0.4 is 9.64 Å². The molecule has 28 heavy (non-hydrogen) atoms. The molecule has 0 fully saturated rings. The van der Waals surface area contributed by atoms with Crippen molar-refractivity contribution in [2.75, 3.05) is 12.0 Å². The van der Waals surface area contributed by atoms with Gasteiger partial charge in [0.05, 0.1) is 24.0 Å². The minimum Gasteiger partial charge on any atom is -0.494 e. The van der Waals surface area contributed by atoms with Crippen molar-refractivity contribution in [1.82, 2.24) is 10.1 Å². The highest BCUT2D eigenvalue weighted by molar-refractivity contribution is 7.22. The number of hydrogen-bond donors (Lipinski definition) is 0. The summed E-state index contributed by atoms with van der Waals surface area (Å²) in [6.07, 6.45) is 0. The predicted molar refractivity (Wildman–Crippen MR) is 109 cm³/mol. The Bertz CT molecular complexity index is 1130. The fourth-order valence-corrected chi connectivity index (χ4v) is 4.02. The molecule has 0 radical (unpaired) electrons. The van der Waals surface area contributed by atoms with Gasteiger partial charge < -0.3 is 9.26 Å². The van der Waals surface area contributed by atoms with Crippen molar-refractivity contribution in [3.63, 3.8) is 0 Å². The molecule has 0 bridgehead atoms. The van der Waals surface area contributed by atoms with E-state index in [1.165, 1.54) is 11.3 Å². The number of ether oxygens (including phenoxy) is 1. The van der Waals surface area contributed by atoms with E-state index < -0.39 is 0 Å². The maximum absolute atomic E-state index is 13.2. The molecule has 0 aliphatic rings. The van der Waals surface area contributed by atoms with Crippen LogP contribution >= 0.6 is 11.3 Å². The third-order valence-electron chi connectivity index (χ3n) is 4.41. The lowest BCUT2D eigenvalue weighted by molar-refractivity contribution is 0.0949. The van der Waals surface area contributed by atoms with Crippen LogP contribution in [0, 0.1) is 13.8 Å². The largest absolute Gasteiger partial charge is 0.494 e. The van der Waals surface area contributed by atoms with Gasteiger partial charge in [0.1, 0.15) is 11.3 Å². The van der Waals surface area contributed by atoms with Gasteiger partial charge in [0.2, 0.25) is 5.76 Å². The SMILES string of the molecule is COc1ccc(C)c2sc(N(Cc3ccccc3)C(=O)c3cc(C)no3)nc12. The van der Waals surface area contributed by atoms with Crippen molar-refractivity contribution in [2.45, 2.75) is 20.4 Å². The highest BCUT2D eigenvalue weighted by Gasteiger charge is 2.26. The van der Waals surface area contributed by atoms with Crippen LogP contribution in [-0.4, -0.2) is 23.2 Å². The van der Waals surface area contributed by atoms with Crippen molar-refractivity contribution in [1.29, 1.82) is 0 Å². The fraction of sp³-hybridized carbons (Fsp3) is 0.190. The second kappa shape index (κ2) is 7.44. The van der Waals surface area contributed by atoms with E-state index in [9.17, 15) is 4.79 Å². The third kappa shape index (κ3) is 3.36.